The number of para-hydroxylation sites is 1. The van der Waals surface area contributed by atoms with Gasteiger partial charge in [-0.05, 0) is 24.3 Å². The first kappa shape index (κ1) is 18.6. The SMILES string of the molecule is O=[N+]([O-])c1cc(S(=O)(=O)N2CCOCC2)ccc1Oc1ccccc1Cl. The van der Waals surface area contributed by atoms with E-state index in [1.165, 1.54) is 16.4 Å². The summed E-state index contributed by atoms with van der Waals surface area (Å²) in [6, 6.07) is 10.0. The van der Waals surface area contributed by atoms with Crippen molar-refractivity contribution >= 4 is 27.3 Å². The van der Waals surface area contributed by atoms with Crippen LogP contribution in [0.1, 0.15) is 0 Å². The predicted octanol–water partition coefficient (Wildman–Crippen LogP) is 3.06. The fraction of sp³-hybridized carbons (Fsp3) is 0.250. The lowest BCUT2D eigenvalue weighted by molar-refractivity contribution is -0.385. The number of nitro groups is 1. The Bertz CT molecular complexity index is 928. The lowest BCUT2D eigenvalue weighted by atomic mass is 10.3. The van der Waals surface area contributed by atoms with Crippen LogP contribution >= 0.6 is 11.6 Å². The minimum atomic E-state index is -3.85. The van der Waals surface area contributed by atoms with Crippen molar-refractivity contribution in [3.05, 3.63) is 57.6 Å². The first-order valence-corrected chi connectivity index (χ1v) is 9.50. The topological polar surface area (TPSA) is 99.0 Å². The summed E-state index contributed by atoms with van der Waals surface area (Å²) in [6.07, 6.45) is 0. The highest BCUT2D eigenvalue weighted by atomic mass is 35.5. The van der Waals surface area contributed by atoms with Crippen LogP contribution in [0.25, 0.3) is 0 Å². The van der Waals surface area contributed by atoms with Crippen molar-refractivity contribution in [1.29, 1.82) is 0 Å². The minimum Gasteiger partial charge on any atom is -0.449 e. The van der Waals surface area contributed by atoms with Crippen molar-refractivity contribution in [3.63, 3.8) is 0 Å². The third-order valence-electron chi connectivity index (χ3n) is 3.79. The minimum absolute atomic E-state index is 0.0935. The summed E-state index contributed by atoms with van der Waals surface area (Å²) in [4.78, 5) is 10.6. The van der Waals surface area contributed by atoms with Gasteiger partial charge in [0.15, 0.2) is 0 Å². The Balaban J connectivity index is 1.97. The largest absolute Gasteiger partial charge is 0.449 e. The number of rotatable bonds is 5. The maximum atomic E-state index is 12.7. The molecule has 138 valence electrons. The van der Waals surface area contributed by atoms with E-state index in [4.69, 9.17) is 21.1 Å². The van der Waals surface area contributed by atoms with Crippen molar-refractivity contribution in [3.8, 4) is 11.5 Å². The number of hydrogen-bond donors (Lipinski definition) is 0. The number of nitro benzene ring substituents is 1. The Morgan fingerprint density at radius 3 is 2.46 bits per heavy atom. The highest BCUT2D eigenvalue weighted by molar-refractivity contribution is 7.89. The summed E-state index contributed by atoms with van der Waals surface area (Å²) < 4.78 is 37.2. The van der Waals surface area contributed by atoms with E-state index in [0.717, 1.165) is 6.07 Å². The van der Waals surface area contributed by atoms with Crippen LogP contribution in [0, 0.1) is 10.1 Å². The Hall–Kier alpha value is -2.20. The van der Waals surface area contributed by atoms with Gasteiger partial charge in [0, 0.05) is 19.2 Å². The third-order valence-corrected chi connectivity index (χ3v) is 6.00. The van der Waals surface area contributed by atoms with Gasteiger partial charge in [0.05, 0.1) is 28.1 Å². The van der Waals surface area contributed by atoms with Gasteiger partial charge >= 0.3 is 5.69 Å². The summed E-state index contributed by atoms with van der Waals surface area (Å²) in [5.74, 6) is 0.144. The molecule has 1 fully saturated rings. The Kier molecular flexibility index (Phi) is 5.42. The maximum absolute atomic E-state index is 12.7. The number of halogens is 1. The normalized spacial score (nSPS) is 15.6. The summed E-state index contributed by atoms with van der Waals surface area (Å²) in [5, 5.41) is 11.7. The monoisotopic (exact) mass is 398 g/mol. The lowest BCUT2D eigenvalue weighted by Gasteiger charge is -2.26. The third kappa shape index (κ3) is 3.80. The van der Waals surface area contributed by atoms with Gasteiger partial charge in [-0.25, -0.2) is 8.42 Å². The summed E-state index contributed by atoms with van der Waals surface area (Å²) in [7, 11) is -3.85. The van der Waals surface area contributed by atoms with Crippen molar-refractivity contribution < 1.29 is 22.8 Å². The molecule has 0 unspecified atom stereocenters. The van der Waals surface area contributed by atoms with E-state index in [1.54, 1.807) is 24.3 Å². The molecule has 0 spiro atoms. The molecule has 3 rings (SSSR count). The van der Waals surface area contributed by atoms with Gasteiger partial charge in [-0.15, -0.1) is 0 Å². The number of hydrogen-bond acceptors (Lipinski definition) is 6. The molecule has 0 bridgehead atoms. The van der Waals surface area contributed by atoms with Crippen molar-refractivity contribution in [2.75, 3.05) is 26.3 Å². The van der Waals surface area contributed by atoms with Crippen molar-refractivity contribution in [1.82, 2.24) is 4.31 Å². The smallest absolute Gasteiger partial charge is 0.312 e. The second-order valence-corrected chi connectivity index (χ2v) is 7.78. The summed E-state index contributed by atoms with van der Waals surface area (Å²) >= 11 is 6.00. The molecule has 1 aliphatic heterocycles. The van der Waals surface area contributed by atoms with Crippen LogP contribution in [-0.2, 0) is 14.8 Å². The molecule has 0 N–H and O–H groups in total. The van der Waals surface area contributed by atoms with Gasteiger partial charge in [-0.3, -0.25) is 10.1 Å². The van der Waals surface area contributed by atoms with Gasteiger partial charge in [-0.1, -0.05) is 23.7 Å². The first-order chi connectivity index (χ1) is 12.4. The van der Waals surface area contributed by atoms with Crippen LogP contribution in [0.5, 0.6) is 11.5 Å². The fourth-order valence-corrected chi connectivity index (χ4v) is 4.07. The molecule has 0 saturated carbocycles. The average Bonchev–Trinajstić information content (AvgIpc) is 2.64. The number of sulfonamides is 1. The molecule has 2 aromatic rings. The molecular weight excluding hydrogens is 384 g/mol. The van der Waals surface area contributed by atoms with E-state index in [0.29, 0.717) is 0 Å². The first-order valence-electron chi connectivity index (χ1n) is 7.68. The van der Waals surface area contributed by atoms with E-state index in [9.17, 15) is 18.5 Å². The van der Waals surface area contributed by atoms with Crippen molar-refractivity contribution in [2.24, 2.45) is 0 Å². The molecule has 2 aromatic carbocycles. The standard InChI is InChI=1S/C16H15ClN2O6S/c17-13-3-1-2-4-15(13)25-16-6-5-12(11-14(16)19(20)21)26(22,23)18-7-9-24-10-8-18/h1-6,11H,7-10H2. The van der Waals surface area contributed by atoms with Gasteiger partial charge in [0.2, 0.25) is 15.8 Å². The Morgan fingerprint density at radius 1 is 1.12 bits per heavy atom. The molecular formula is C16H15ClN2O6S. The molecule has 10 heteroatoms. The fourth-order valence-electron chi connectivity index (χ4n) is 2.47. The maximum Gasteiger partial charge on any atom is 0.312 e. The number of nitrogens with zero attached hydrogens (tertiary/aromatic N) is 2. The van der Waals surface area contributed by atoms with Crippen LogP contribution in [0.2, 0.25) is 5.02 Å². The van der Waals surface area contributed by atoms with E-state index in [1.807, 2.05) is 0 Å². The molecule has 0 aliphatic carbocycles. The molecule has 0 atom stereocenters. The second kappa shape index (κ2) is 7.58. The molecule has 1 aliphatic rings. The zero-order valence-electron chi connectivity index (χ0n) is 13.5. The average molecular weight is 399 g/mol. The highest BCUT2D eigenvalue weighted by Crippen LogP contribution is 2.36. The van der Waals surface area contributed by atoms with Crippen molar-refractivity contribution in [2.45, 2.75) is 4.90 Å². The second-order valence-electron chi connectivity index (χ2n) is 5.44. The highest BCUT2D eigenvalue weighted by Gasteiger charge is 2.29. The van der Waals surface area contributed by atoms with E-state index in [2.05, 4.69) is 0 Å². The van der Waals surface area contributed by atoms with Crippen LogP contribution < -0.4 is 4.74 Å². The number of benzene rings is 2. The summed E-state index contributed by atoms with van der Waals surface area (Å²) in [6.45, 7) is 0.978. The zero-order valence-corrected chi connectivity index (χ0v) is 15.1. The van der Waals surface area contributed by atoms with Crippen LogP contribution in [0.4, 0.5) is 5.69 Å². The van der Waals surface area contributed by atoms with Gasteiger partial charge in [-0.2, -0.15) is 4.31 Å². The predicted molar refractivity (Wildman–Crippen MR) is 94.2 cm³/mol. The molecule has 0 aromatic heterocycles. The molecule has 0 radical (unpaired) electrons. The van der Waals surface area contributed by atoms with Gasteiger partial charge in [0.1, 0.15) is 5.75 Å². The van der Waals surface area contributed by atoms with E-state index < -0.39 is 20.6 Å². The number of ether oxygens (including phenoxy) is 2. The van der Waals surface area contributed by atoms with Crippen LogP contribution in [-0.4, -0.2) is 43.9 Å². The molecule has 1 heterocycles. The van der Waals surface area contributed by atoms with E-state index >= 15 is 0 Å². The number of morpholine rings is 1. The van der Waals surface area contributed by atoms with Gasteiger partial charge < -0.3 is 9.47 Å². The molecule has 8 nitrogen and oxygen atoms in total. The quantitative estimate of drug-likeness (QED) is 0.567. The molecule has 1 saturated heterocycles. The Morgan fingerprint density at radius 2 is 1.81 bits per heavy atom. The van der Waals surface area contributed by atoms with Crippen LogP contribution in [0.15, 0.2) is 47.4 Å². The Labute approximate surface area is 155 Å². The molecule has 26 heavy (non-hydrogen) atoms. The van der Waals surface area contributed by atoms with Gasteiger partial charge in [0.25, 0.3) is 0 Å². The van der Waals surface area contributed by atoms with E-state index in [-0.39, 0.29) is 47.7 Å². The zero-order chi connectivity index (χ0) is 18.7. The van der Waals surface area contributed by atoms with Crippen LogP contribution in [0.3, 0.4) is 0 Å². The lowest BCUT2D eigenvalue weighted by Crippen LogP contribution is -2.40. The molecule has 0 amide bonds. The summed E-state index contributed by atoms with van der Waals surface area (Å²) in [5.41, 5.74) is -0.459.